The van der Waals surface area contributed by atoms with E-state index in [-0.39, 0.29) is 17.2 Å². The Morgan fingerprint density at radius 1 is 1.25 bits per heavy atom. The Bertz CT molecular complexity index is 548. The zero-order valence-electron chi connectivity index (χ0n) is 9.89. The number of hydrogen-bond acceptors (Lipinski definition) is 5. The van der Waals surface area contributed by atoms with Gasteiger partial charge in [-0.05, 0) is 12.1 Å². The topological polar surface area (TPSA) is 94.1 Å². The summed E-state index contributed by atoms with van der Waals surface area (Å²) in [5.74, 6) is -2.19. The van der Waals surface area contributed by atoms with Crippen LogP contribution in [0.1, 0.15) is 0 Å². The number of hydrogen-bond donors (Lipinski definition) is 2. The van der Waals surface area contributed by atoms with Crippen molar-refractivity contribution in [3.8, 4) is 11.5 Å². The van der Waals surface area contributed by atoms with Gasteiger partial charge in [-0.2, -0.15) is 0 Å². The van der Waals surface area contributed by atoms with E-state index in [0.29, 0.717) is 0 Å². The van der Waals surface area contributed by atoms with Gasteiger partial charge in [0, 0.05) is 11.8 Å². The maximum absolute atomic E-state index is 12.8. The number of anilines is 1. The Hall–Kier alpha value is -2.42. The van der Waals surface area contributed by atoms with E-state index in [1.807, 2.05) is 0 Å². The summed E-state index contributed by atoms with van der Waals surface area (Å²) in [4.78, 5) is 21.5. The molecule has 1 amide bonds. The quantitative estimate of drug-likeness (QED) is 0.841. The van der Waals surface area contributed by atoms with Crippen LogP contribution in [0.15, 0.2) is 18.2 Å². The molecule has 20 heavy (non-hydrogen) atoms. The summed E-state index contributed by atoms with van der Waals surface area (Å²) in [5.41, 5.74) is 0.189. The minimum atomic E-state index is -3.73. The van der Waals surface area contributed by atoms with E-state index < -0.39 is 31.4 Å². The average Bonchev–Trinajstić information content (AvgIpc) is 2.61. The molecule has 0 fully saturated rings. The van der Waals surface area contributed by atoms with Crippen LogP contribution in [-0.2, 0) is 14.3 Å². The Morgan fingerprint density at radius 2 is 1.95 bits per heavy atom. The van der Waals surface area contributed by atoms with Gasteiger partial charge in [-0.15, -0.1) is 8.78 Å². The van der Waals surface area contributed by atoms with Crippen molar-refractivity contribution in [3.05, 3.63) is 18.2 Å². The lowest BCUT2D eigenvalue weighted by molar-refractivity contribution is -0.286. The van der Waals surface area contributed by atoms with Gasteiger partial charge < -0.3 is 24.6 Å². The van der Waals surface area contributed by atoms with Gasteiger partial charge in [0.15, 0.2) is 11.5 Å². The highest BCUT2D eigenvalue weighted by molar-refractivity contribution is 5.92. The number of ether oxygens (including phenoxy) is 3. The lowest BCUT2D eigenvalue weighted by atomic mass is 10.3. The molecule has 0 unspecified atom stereocenters. The van der Waals surface area contributed by atoms with Crippen molar-refractivity contribution in [1.82, 2.24) is 0 Å². The van der Waals surface area contributed by atoms with E-state index >= 15 is 0 Å². The third-order valence-electron chi connectivity index (χ3n) is 2.14. The number of halogens is 2. The fourth-order valence-electron chi connectivity index (χ4n) is 1.45. The largest absolute Gasteiger partial charge is 0.586 e. The van der Waals surface area contributed by atoms with E-state index in [9.17, 15) is 18.4 Å². The Balaban J connectivity index is 1.92. The van der Waals surface area contributed by atoms with Crippen LogP contribution < -0.4 is 14.8 Å². The van der Waals surface area contributed by atoms with Gasteiger partial charge in [-0.3, -0.25) is 4.79 Å². The molecule has 0 saturated heterocycles. The number of aliphatic carboxylic acids is 1. The second-order valence-corrected chi connectivity index (χ2v) is 3.76. The number of amides is 1. The highest BCUT2D eigenvalue weighted by Crippen LogP contribution is 2.42. The second-order valence-electron chi connectivity index (χ2n) is 3.76. The summed E-state index contributed by atoms with van der Waals surface area (Å²) < 4.78 is 38.5. The number of carboxylic acids is 1. The Kier molecular flexibility index (Phi) is 3.70. The fourth-order valence-corrected chi connectivity index (χ4v) is 1.45. The van der Waals surface area contributed by atoms with Gasteiger partial charge in [-0.25, -0.2) is 4.79 Å². The molecule has 1 heterocycles. The van der Waals surface area contributed by atoms with Crippen LogP contribution in [0.25, 0.3) is 0 Å². The normalized spacial score (nSPS) is 14.9. The van der Waals surface area contributed by atoms with Crippen LogP contribution in [0.3, 0.4) is 0 Å². The van der Waals surface area contributed by atoms with Crippen LogP contribution in [0.2, 0.25) is 0 Å². The molecular formula is C11H9F2NO6. The summed E-state index contributed by atoms with van der Waals surface area (Å²) in [5, 5.41) is 10.6. The first-order valence-corrected chi connectivity index (χ1v) is 5.35. The molecule has 0 atom stereocenters. The summed E-state index contributed by atoms with van der Waals surface area (Å²) in [6.07, 6.45) is -3.73. The molecule has 1 aromatic carbocycles. The molecule has 9 heteroatoms. The number of carbonyl (C=O) groups excluding carboxylic acids is 1. The van der Waals surface area contributed by atoms with Crippen molar-refractivity contribution < 1.29 is 37.7 Å². The van der Waals surface area contributed by atoms with E-state index in [1.54, 1.807) is 0 Å². The molecule has 1 aliphatic heterocycles. The third-order valence-corrected chi connectivity index (χ3v) is 2.14. The van der Waals surface area contributed by atoms with E-state index in [2.05, 4.69) is 19.5 Å². The third kappa shape index (κ3) is 3.54. The molecule has 0 spiro atoms. The first kappa shape index (κ1) is 14.0. The number of nitrogens with one attached hydrogen (secondary N) is 1. The number of carboxylic acid groups (broad SMARTS) is 1. The average molecular weight is 289 g/mol. The van der Waals surface area contributed by atoms with Crippen molar-refractivity contribution in [2.75, 3.05) is 18.5 Å². The number of alkyl halides is 2. The zero-order valence-corrected chi connectivity index (χ0v) is 9.89. The molecule has 2 rings (SSSR count). The highest BCUT2D eigenvalue weighted by Gasteiger charge is 2.43. The summed E-state index contributed by atoms with van der Waals surface area (Å²) in [7, 11) is 0. The summed E-state index contributed by atoms with van der Waals surface area (Å²) in [6, 6.07) is 3.70. The Morgan fingerprint density at radius 3 is 2.65 bits per heavy atom. The maximum atomic E-state index is 12.8. The number of carbonyl (C=O) groups is 2. The smallest absolute Gasteiger partial charge is 0.480 e. The standard InChI is InChI=1S/C11H9F2NO6/c12-11(13)19-7-2-1-6(3-8(7)20-11)14-9(15)4-18-5-10(16)17/h1-3H,4-5H2,(H,14,15)(H,16,17). The van der Waals surface area contributed by atoms with Crippen LogP contribution in [0.4, 0.5) is 14.5 Å². The predicted octanol–water partition coefficient (Wildman–Crippen LogP) is 1.05. The SMILES string of the molecule is O=C(O)COCC(=O)Nc1ccc2c(c1)OC(F)(F)O2. The highest BCUT2D eigenvalue weighted by atomic mass is 19.3. The second kappa shape index (κ2) is 5.29. The van der Waals surface area contributed by atoms with Crippen molar-refractivity contribution in [2.45, 2.75) is 6.29 Å². The molecule has 7 nitrogen and oxygen atoms in total. The molecule has 1 aromatic rings. The molecule has 1 aliphatic rings. The van der Waals surface area contributed by atoms with Gasteiger partial charge >= 0.3 is 12.3 Å². The molecule has 0 aliphatic carbocycles. The van der Waals surface area contributed by atoms with Crippen molar-refractivity contribution in [3.63, 3.8) is 0 Å². The maximum Gasteiger partial charge on any atom is 0.586 e. The fraction of sp³-hybridized carbons (Fsp3) is 0.273. The summed E-state index contributed by atoms with van der Waals surface area (Å²) >= 11 is 0. The molecule has 0 bridgehead atoms. The van der Waals surface area contributed by atoms with Crippen molar-refractivity contribution in [1.29, 1.82) is 0 Å². The van der Waals surface area contributed by atoms with Gasteiger partial charge in [0.1, 0.15) is 13.2 Å². The minimum Gasteiger partial charge on any atom is -0.480 e. The lowest BCUT2D eigenvalue weighted by Crippen LogP contribution is -2.25. The number of benzene rings is 1. The minimum absolute atomic E-state index is 0.143. The van der Waals surface area contributed by atoms with Gasteiger partial charge in [-0.1, -0.05) is 0 Å². The predicted molar refractivity (Wildman–Crippen MR) is 59.7 cm³/mol. The first-order valence-electron chi connectivity index (χ1n) is 5.35. The van der Waals surface area contributed by atoms with Crippen molar-refractivity contribution >= 4 is 17.6 Å². The van der Waals surface area contributed by atoms with Crippen LogP contribution in [0, 0.1) is 0 Å². The molecular weight excluding hydrogens is 280 g/mol. The van der Waals surface area contributed by atoms with Gasteiger partial charge in [0.2, 0.25) is 5.91 Å². The monoisotopic (exact) mass is 289 g/mol. The summed E-state index contributed by atoms with van der Waals surface area (Å²) in [6.45, 7) is -1.09. The van der Waals surface area contributed by atoms with Crippen LogP contribution >= 0.6 is 0 Å². The van der Waals surface area contributed by atoms with Gasteiger partial charge in [0.25, 0.3) is 0 Å². The van der Waals surface area contributed by atoms with E-state index in [1.165, 1.54) is 12.1 Å². The van der Waals surface area contributed by atoms with E-state index in [4.69, 9.17) is 5.11 Å². The van der Waals surface area contributed by atoms with Crippen LogP contribution in [0.5, 0.6) is 11.5 Å². The molecule has 108 valence electrons. The van der Waals surface area contributed by atoms with E-state index in [0.717, 1.165) is 6.07 Å². The Labute approximate surface area is 111 Å². The van der Waals surface area contributed by atoms with Crippen molar-refractivity contribution in [2.24, 2.45) is 0 Å². The first-order chi connectivity index (χ1) is 9.35. The van der Waals surface area contributed by atoms with Gasteiger partial charge in [0.05, 0.1) is 0 Å². The lowest BCUT2D eigenvalue weighted by Gasteiger charge is -2.06. The number of rotatable bonds is 5. The molecule has 2 N–H and O–H groups in total. The molecule has 0 aromatic heterocycles. The number of fused-ring (bicyclic) bond motifs is 1. The molecule has 0 radical (unpaired) electrons. The zero-order chi connectivity index (χ0) is 14.8. The van der Waals surface area contributed by atoms with Crippen LogP contribution in [-0.4, -0.2) is 36.5 Å². The molecule has 0 saturated carbocycles.